The first-order valence-electron chi connectivity index (χ1n) is 4.78. The first-order chi connectivity index (χ1) is 6.92. The maximum absolute atomic E-state index is 3.95. The van der Waals surface area contributed by atoms with Gasteiger partial charge in [0.2, 0.25) is 0 Å². The lowest BCUT2D eigenvalue weighted by Gasteiger charge is -2.11. The molecule has 0 nitrogen and oxygen atoms in total. The highest BCUT2D eigenvalue weighted by Gasteiger charge is 2.14. The number of thiophene rings is 2. The van der Waals surface area contributed by atoms with Gasteiger partial charge in [0.15, 0.2) is 0 Å². The Morgan fingerprint density at radius 2 is 1.64 bits per heavy atom. The van der Waals surface area contributed by atoms with Crippen LogP contribution < -0.4 is 0 Å². The lowest BCUT2D eigenvalue weighted by atomic mass is 10.0. The summed E-state index contributed by atoms with van der Waals surface area (Å²) in [6.45, 7) is 3.95. The monoisotopic (exact) mass is 221 g/mol. The van der Waals surface area contributed by atoms with Crippen molar-refractivity contribution in [3.05, 3.63) is 51.7 Å². The van der Waals surface area contributed by atoms with Crippen LogP contribution in [-0.2, 0) is 0 Å². The zero-order valence-corrected chi connectivity index (χ0v) is 9.61. The topological polar surface area (TPSA) is 0 Å². The summed E-state index contributed by atoms with van der Waals surface area (Å²) in [4.78, 5) is 2.94. The van der Waals surface area contributed by atoms with Crippen LogP contribution >= 0.6 is 22.7 Å². The van der Waals surface area contributed by atoms with Crippen LogP contribution in [0.1, 0.15) is 28.5 Å². The van der Waals surface area contributed by atoms with Gasteiger partial charge in [-0.15, -0.1) is 22.7 Å². The third-order valence-corrected chi connectivity index (χ3v) is 4.24. The van der Waals surface area contributed by atoms with Crippen LogP contribution in [0.15, 0.2) is 35.0 Å². The van der Waals surface area contributed by atoms with Crippen LogP contribution in [0.4, 0.5) is 0 Å². The molecule has 2 rings (SSSR count). The van der Waals surface area contributed by atoms with Crippen molar-refractivity contribution in [2.45, 2.75) is 18.8 Å². The summed E-state index contributed by atoms with van der Waals surface area (Å²) in [6, 6.07) is 8.71. The van der Waals surface area contributed by atoms with E-state index in [9.17, 15) is 0 Å². The minimum atomic E-state index is 0.576. The van der Waals surface area contributed by atoms with Gasteiger partial charge < -0.3 is 0 Å². The van der Waals surface area contributed by atoms with E-state index >= 15 is 0 Å². The van der Waals surface area contributed by atoms with Gasteiger partial charge in [-0.05, 0) is 29.3 Å². The Hall–Kier alpha value is -0.600. The molecular weight excluding hydrogens is 208 g/mol. The van der Waals surface area contributed by atoms with Gasteiger partial charge in [-0.3, -0.25) is 0 Å². The van der Waals surface area contributed by atoms with E-state index in [0.29, 0.717) is 5.92 Å². The third-order valence-electron chi connectivity index (χ3n) is 2.27. The van der Waals surface area contributed by atoms with Gasteiger partial charge in [0.05, 0.1) is 0 Å². The molecule has 2 heterocycles. The van der Waals surface area contributed by atoms with Crippen molar-refractivity contribution in [1.82, 2.24) is 0 Å². The Balaban J connectivity index is 2.25. The largest absolute Gasteiger partial charge is 0.148 e. The average Bonchev–Trinajstić information content (AvgIpc) is 2.87. The third kappa shape index (κ3) is 2.07. The van der Waals surface area contributed by atoms with Crippen molar-refractivity contribution >= 4 is 22.7 Å². The summed E-state index contributed by atoms with van der Waals surface area (Å²) in [6.07, 6.45) is 2.15. The average molecular weight is 221 g/mol. The predicted octanol–water partition coefficient (Wildman–Crippen LogP) is 4.56. The summed E-state index contributed by atoms with van der Waals surface area (Å²) in [7, 11) is 0. The van der Waals surface area contributed by atoms with E-state index in [0.717, 1.165) is 12.8 Å². The molecule has 0 spiro atoms. The summed E-state index contributed by atoms with van der Waals surface area (Å²) in [5, 5.41) is 4.30. The van der Waals surface area contributed by atoms with Crippen LogP contribution in [0.25, 0.3) is 0 Å². The van der Waals surface area contributed by atoms with E-state index in [4.69, 9.17) is 0 Å². The number of hydrogen-bond donors (Lipinski definition) is 0. The van der Waals surface area contributed by atoms with Gasteiger partial charge in [0.25, 0.3) is 0 Å². The smallest absolute Gasteiger partial charge is 0.0278 e. The minimum Gasteiger partial charge on any atom is -0.148 e. The molecule has 0 atom stereocenters. The van der Waals surface area contributed by atoms with E-state index in [1.807, 2.05) is 22.7 Å². The molecule has 14 heavy (non-hydrogen) atoms. The highest BCUT2D eigenvalue weighted by atomic mass is 32.1. The summed E-state index contributed by atoms with van der Waals surface area (Å²) in [5.41, 5.74) is 0. The van der Waals surface area contributed by atoms with Crippen LogP contribution in [0.3, 0.4) is 0 Å². The molecule has 0 N–H and O–H groups in total. The quantitative estimate of drug-likeness (QED) is 0.710. The first kappa shape index (κ1) is 9.94. The summed E-state index contributed by atoms with van der Waals surface area (Å²) < 4.78 is 0. The summed E-state index contributed by atoms with van der Waals surface area (Å²) >= 11 is 3.70. The van der Waals surface area contributed by atoms with Gasteiger partial charge in [0.1, 0.15) is 0 Å². The lowest BCUT2D eigenvalue weighted by Crippen LogP contribution is -1.95. The zero-order valence-electron chi connectivity index (χ0n) is 7.98. The maximum atomic E-state index is 3.95. The molecule has 0 aromatic carbocycles. The Morgan fingerprint density at radius 3 is 2.00 bits per heavy atom. The second kappa shape index (κ2) is 4.76. The number of hydrogen-bond acceptors (Lipinski definition) is 2. The van der Waals surface area contributed by atoms with Crippen molar-refractivity contribution in [2.75, 3.05) is 0 Å². The van der Waals surface area contributed by atoms with E-state index in [-0.39, 0.29) is 0 Å². The first-order valence-corrected chi connectivity index (χ1v) is 6.54. The van der Waals surface area contributed by atoms with Crippen LogP contribution in [0, 0.1) is 6.92 Å². The second-order valence-corrected chi connectivity index (χ2v) is 5.18. The lowest BCUT2D eigenvalue weighted by molar-refractivity contribution is 0.750. The minimum absolute atomic E-state index is 0.576. The van der Waals surface area contributed by atoms with Crippen molar-refractivity contribution < 1.29 is 0 Å². The Bertz CT molecular complexity index is 311. The zero-order chi connectivity index (χ0) is 9.80. The molecule has 0 amide bonds. The molecule has 2 heteroatoms. The van der Waals surface area contributed by atoms with E-state index in [1.165, 1.54) is 9.75 Å². The maximum Gasteiger partial charge on any atom is 0.0278 e. The van der Waals surface area contributed by atoms with Gasteiger partial charge in [-0.2, -0.15) is 0 Å². The molecule has 1 radical (unpaired) electrons. The highest BCUT2D eigenvalue weighted by molar-refractivity contribution is 7.11. The van der Waals surface area contributed by atoms with E-state index in [2.05, 4.69) is 41.9 Å². The fourth-order valence-corrected chi connectivity index (χ4v) is 3.44. The molecule has 0 saturated carbocycles. The molecule has 0 aliphatic rings. The normalized spacial score (nSPS) is 11.0. The molecule has 0 fully saturated rings. The fraction of sp³-hybridized carbons (Fsp3) is 0.250. The predicted molar refractivity (Wildman–Crippen MR) is 65.1 cm³/mol. The van der Waals surface area contributed by atoms with Gasteiger partial charge >= 0.3 is 0 Å². The summed E-state index contributed by atoms with van der Waals surface area (Å²) in [5.74, 6) is 0.576. The van der Waals surface area contributed by atoms with Crippen molar-refractivity contribution in [3.63, 3.8) is 0 Å². The molecule has 0 aliphatic heterocycles. The molecule has 0 saturated heterocycles. The van der Waals surface area contributed by atoms with Gasteiger partial charge in [-0.25, -0.2) is 0 Å². The highest BCUT2D eigenvalue weighted by Crippen LogP contribution is 2.34. The Labute approximate surface area is 93.2 Å². The van der Waals surface area contributed by atoms with Crippen molar-refractivity contribution in [3.8, 4) is 0 Å². The van der Waals surface area contributed by atoms with Crippen LogP contribution in [0.2, 0.25) is 0 Å². The van der Waals surface area contributed by atoms with Crippen LogP contribution in [0.5, 0.6) is 0 Å². The molecule has 0 aliphatic carbocycles. The van der Waals surface area contributed by atoms with Gasteiger partial charge in [0, 0.05) is 15.7 Å². The molecule has 73 valence electrons. The van der Waals surface area contributed by atoms with E-state index < -0.39 is 0 Å². The molecular formula is C12H13S2. The number of rotatable bonds is 4. The molecule has 2 aromatic rings. The van der Waals surface area contributed by atoms with Crippen molar-refractivity contribution in [2.24, 2.45) is 0 Å². The standard InChI is InChI=1S/C12H13S2/c1-2-5-10(11-6-3-8-13-11)12-7-4-9-14-12/h3-4,6-10H,1-2,5H2. The Morgan fingerprint density at radius 1 is 1.07 bits per heavy atom. The van der Waals surface area contributed by atoms with Crippen molar-refractivity contribution in [1.29, 1.82) is 0 Å². The second-order valence-electron chi connectivity index (χ2n) is 3.23. The SMILES string of the molecule is [CH2]CCC(c1cccs1)c1cccs1. The fourth-order valence-electron chi connectivity index (χ4n) is 1.61. The van der Waals surface area contributed by atoms with E-state index in [1.54, 1.807) is 0 Å². The Kier molecular flexibility index (Phi) is 3.38. The van der Waals surface area contributed by atoms with Crippen LogP contribution in [-0.4, -0.2) is 0 Å². The molecule has 0 unspecified atom stereocenters. The van der Waals surface area contributed by atoms with Gasteiger partial charge in [-0.1, -0.05) is 25.5 Å². The molecule has 0 bridgehead atoms. The molecule has 2 aromatic heterocycles.